The van der Waals surface area contributed by atoms with Crippen molar-refractivity contribution in [2.45, 2.75) is 20.8 Å². The molecule has 19 heavy (non-hydrogen) atoms. The summed E-state index contributed by atoms with van der Waals surface area (Å²) in [5.41, 5.74) is 1.84. The molecule has 0 heterocycles. The zero-order valence-corrected chi connectivity index (χ0v) is 12.3. The first-order valence-corrected chi connectivity index (χ1v) is 6.40. The number of ether oxygens (including phenoxy) is 2. The van der Waals surface area contributed by atoms with Crippen LogP contribution in [-0.4, -0.2) is 20.8 Å². The SMILES string of the molecule is COc1ccc(NCC(C#N)C(C)C)c(OC)c1C. The van der Waals surface area contributed by atoms with E-state index >= 15 is 0 Å². The van der Waals surface area contributed by atoms with E-state index in [-0.39, 0.29) is 5.92 Å². The molecule has 1 rings (SSSR count). The first kappa shape index (κ1) is 15.2. The molecule has 0 aliphatic carbocycles. The van der Waals surface area contributed by atoms with E-state index < -0.39 is 0 Å². The maximum absolute atomic E-state index is 9.10. The standard InChI is InChI=1S/C15H22N2O2/c1-10(2)12(8-16)9-17-13-6-7-14(18-4)11(3)15(13)19-5/h6-7,10,12,17H,9H2,1-5H3. The summed E-state index contributed by atoms with van der Waals surface area (Å²) in [6.45, 7) is 6.65. The third-order valence-electron chi connectivity index (χ3n) is 3.26. The second-order valence-corrected chi connectivity index (χ2v) is 4.83. The number of hydrogen-bond donors (Lipinski definition) is 1. The number of nitriles is 1. The first-order chi connectivity index (χ1) is 9.04. The Bertz CT molecular complexity index is 464. The lowest BCUT2D eigenvalue weighted by molar-refractivity contribution is 0.389. The van der Waals surface area contributed by atoms with E-state index in [1.807, 2.05) is 32.9 Å². The average molecular weight is 262 g/mol. The number of rotatable bonds is 6. The molecule has 1 unspecified atom stereocenters. The van der Waals surface area contributed by atoms with Crippen molar-refractivity contribution in [2.75, 3.05) is 26.1 Å². The van der Waals surface area contributed by atoms with Crippen molar-refractivity contribution in [2.24, 2.45) is 11.8 Å². The molecule has 0 aliphatic heterocycles. The van der Waals surface area contributed by atoms with Crippen molar-refractivity contribution in [3.63, 3.8) is 0 Å². The molecule has 1 N–H and O–H groups in total. The minimum atomic E-state index is -0.0212. The Balaban J connectivity index is 2.90. The lowest BCUT2D eigenvalue weighted by atomic mass is 9.97. The van der Waals surface area contributed by atoms with Gasteiger partial charge in [-0.3, -0.25) is 0 Å². The van der Waals surface area contributed by atoms with E-state index in [1.54, 1.807) is 14.2 Å². The van der Waals surface area contributed by atoms with Gasteiger partial charge >= 0.3 is 0 Å². The van der Waals surface area contributed by atoms with Crippen LogP contribution < -0.4 is 14.8 Å². The summed E-state index contributed by atoms with van der Waals surface area (Å²) in [6, 6.07) is 6.13. The lowest BCUT2D eigenvalue weighted by Gasteiger charge is -2.18. The molecule has 0 aromatic heterocycles. The highest BCUT2D eigenvalue weighted by atomic mass is 16.5. The van der Waals surface area contributed by atoms with Crippen LogP contribution in [0.25, 0.3) is 0 Å². The highest BCUT2D eigenvalue weighted by molar-refractivity contribution is 5.64. The normalized spacial score (nSPS) is 11.8. The van der Waals surface area contributed by atoms with Gasteiger partial charge in [-0.05, 0) is 25.0 Å². The lowest BCUT2D eigenvalue weighted by Crippen LogP contribution is -2.18. The zero-order valence-electron chi connectivity index (χ0n) is 12.3. The van der Waals surface area contributed by atoms with Gasteiger partial charge in [-0.2, -0.15) is 5.26 Å². The predicted octanol–water partition coefficient (Wildman–Crippen LogP) is 3.22. The van der Waals surface area contributed by atoms with Crippen LogP contribution in [0.4, 0.5) is 5.69 Å². The van der Waals surface area contributed by atoms with E-state index in [4.69, 9.17) is 14.7 Å². The van der Waals surface area contributed by atoms with Crippen molar-refractivity contribution in [1.29, 1.82) is 5.26 Å². The van der Waals surface area contributed by atoms with Gasteiger partial charge in [-0.1, -0.05) is 13.8 Å². The molecule has 1 aromatic carbocycles. The Labute approximate surface area is 115 Å². The van der Waals surface area contributed by atoms with Gasteiger partial charge in [-0.15, -0.1) is 0 Å². The van der Waals surface area contributed by atoms with Crippen LogP contribution in [0.1, 0.15) is 19.4 Å². The van der Waals surface area contributed by atoms with Crippen molar-refractivity contribution in [3.8, 4) is 17.6 Å². The molecule has 4 nitrogen and oxygen atoms in total. The van der Waals surface area contributed by atoms with Gasteiger partial charge in [0.05, 0.1) is 31.9 Å². The molecule has 4 heteroatoms. The molecule has 0 radical (unpaired) electrons. The fourth-order valence-corrected chi connectivity index (χ4v) is 1.95. The second kappa shape index (κ2) is 6.89. The van der Waals surface area contributed by atoms with Gasteiger partial charge in [0.15, 0.2) is 0 Å². The van der Waals surface area contributed by atoms with Gasteiger partial charge in [0, 0.05) is 12.1 Å². The van der Waals surface area contributed by atoms with Gasteiger partial charge in [0.25, 0.3) is 0 Å². The number of hydrogen-bond acceptors (Lipinski definition) is 4. The molecule has 0 saturated carbocycles. The Hall–Kier alpha value is -1.89. The molecule has 104 valence electrons. The van der Waals surface area contributed by atoms with Gasteiger partial charge in [0.2, 0.25) is 0 Å². The monoisotopic (exact) mass is 262 g/mol. The maximum Gasteiger partial charge on any atom is 0.148 e. The van der Waals surface area contributed by atoms with Crippen LogP contribution in [0.15, 0.2) is 12.1 Å². The Kier molecular flexibility index (Phi) is 5.50. The van der Waals surface area contributed by atoms with E-state index in [9.17, 15) is 0 Å². The van der Waals surface area contributed by atoms with Gasteiger partial charge in [0.1, 0.15) is 11.5 Å². The number of nitrogens with one attached hydrogen (secondary N) is 1. The summed E-state index contributed by atoms with van der Waals surface area (Å²) in [6.07, 6.45) is 0. The molecule has 0 aliphatic rings. The summed E-state index contributed by atoms with van der Waals surface area (Å²) in [4.78, 5) is 0. The summed E-state index contributed by atoms with van der Waals surface area (Å²) in [7, 11) is 3.27. The summed E-state index contributed by atoms with van der Waals surface area (Å²) in [5, 5.41) is 12.4. The Morgan fingerprint density at radius 2 is 1.95 bits per heavy atom. The van der Waals surface area contributed by atoms with Gasteiger partial charge in [-0.25, -0.2) is 0 Å². The second-order valence-electron chi connectivity index (χ2n) is 4.83. The van der Waals surface area contributed by atoms with Crippen molar-refractivity contribution < 1.29 is 9.47 Å². The molecule has 1 aromatic rings. The molecule has 0 spiro atoms. The molecule has 0 bridgehead atoms. The highest BCUT2D eigenvalue weighted by Gasteiger charge is 2.15. The van der Waals surface area contributed by atoms with Gasteiger partial charge < -0.3 is 14.8 Å². The first-order valence-electron chi connectivity index (χ1n) is 6.40. The molecular weight excluding hydrogens is 240 g/mol. The minimum absolute atomic E-state index is 0.0212. The summed E-state index contributed by atoms with van der Waals surface area (Å²) >= 11 is 0. The average Bonchev–Trinajstić information content (AvgIpc) is 2.39. The van der Waals surface area contributed by atoms with E-state index in [0.29, 0.717) is 12.5 Å². The quantitative estimate of drug-likeness (QED) is 0.855. The molecular formula is C15H22N2O2. The third-order valence-corrected chi connectivity index (χ3v) is 3.26. The molecule has 1 atom stereocenters. The van der Waals surface area contributed by atoms with Crippen LogP contribution in [0.5, 0.6) is 11.5 Å². The maximum atomic E-state index is 9.10. The predicted molar refractivity (Wildman–Crippen MR) is 76.7 cm³/mol. The number of methoxy groups -OCH3 is 2. The topological polar surface area (TPSA) is 54.3 Å². The fraction of sp³-hybridized carbons (Fsp3) is 0.533. The molecule has 0 saturated heterocycles. The van der Waals surface area contributed by atoms with Crippen molar-refractivity contribution >= 4 is 5.69 Å². The molecule has 0 fully saturated rings. The number of benzene rings is 1. The van der Waals surface area contributed by atoms with E-state index in [1.165, 1.54) is 0 Å². The third kappa shape index (κ3) is 3.54. The van der Waals surface area contributed by atoms with Crippen LogP contribution in [0.3, 0.4) is 0 Å². The minimum Gasteiger partial charge on any atom is -0.496 e. The van der Waals surface area contributed by atoms with Crippen LogP contribution in [0.2, 0.25) is 0 Å². The smallest absolute Gasteiger partial charge is 0.148 e. The summed E-state index contributed by atoms with van der Waals surface area (Å²) < 4.78 is 10.7. The van der Waals surface area contributed by atoms with Crippen LogP contribution in [-0.2, 0) is 0 Å². The zero-order chi connectivity index (χ0) is 14.4. The Morgan fingerprint density at radius 3 is 2.42 bits per heavy atom. The van der Waals surface area contributed by atoms with Crippen LogP contribution in [0, 0.1) is 30.1 Å². The number of anilines is 1. The van der Waals surface area contributed by atoms with E-state index in [2.05, 4.69) is 11.4 Å². The van der Waals surface area contributed by atoms with E-state index in [0.717, 1.165) is 22.7 Å². The largest absolute Gasteiger partial charge is 0.496 e. The fourth-order valence-electron chi connectivity index (χ4n) is 1.95. The van der Waals surface area contributed by atoms with Crippen LogP contribution >= 0.6 is 0 Å². The molecule has 0 amide bonds. The van der Waals surface area contributed by atoms with Crippen molar-refractivity contribution in [1.82, 2.24) is 0 Å². The summed E-state index contributed by atoms with van der Waals surface area (Å²) in [5.74, 6) is 1.86. The number of nitrogens with zero attached hydrogens (tertiary/aromatic N) is 1. The van der Waals surface area contributed by atoms with Crippen molar-refractivity contribution in [3.05, 3.63) is 17.7 Å². The highest BCUT2D eigenvalue weighted by Crippen LogP contribution is 2.35. The Morgan fingerprint density at radius 1 is 1.26 bits per heavy atom.